The Bertz CT molecular complexity index is 1700. The fraction of sp³-hybridized carbons (Fsp3) is 0.738. The number of carbonyl (C=O) groups excluding carboxylic acids is 2. The van der Waals surface area contributed by atoms with Crippen LogP contribution in [0.5, 0.6) is 0 Å². The molecule has 8 atom stereocenters. The van der Waals surface area contributed by atoms with E-state index in [9.17, 15) is 27.9 Å². The topological polar surface area (TPSA) is 121 Å². The van der Waals surface area contributed by atoms with Crippen LogP contribution >= 0.6 is 0 Å². The molecule has 280 valence electrons. The third-order valence-corrected chi connectivity index (χ3v) is 18.0. The fourth-order valence-corrected chi connectivity index (χ4v) is 14.9. The lowest BCUT2D eigenvalue weighted by Crippen LogP contribution is -2.65. The van der Waals surface area contributed by atoms with Crippen molar-refractivity contribution in [3.63, 3.8) is 0 Å². The number of allylic oxidation sites excluding steroid dienone is 2. The lowest BCUT2D eigenvalue weighted by molar-refractivity contribution is -0.221. The second-order valence-electron chi connectivity index (χ2n) is 18.7. The molecule has 8 nitrogen and oxygen atoms in total. The van der Waals surface area contributed by atoms with Gasteiger partial charge in [-0.1, -0.05) is 59.2 Å². The van der Waals surface area contributed by atoms with Gasteiger partial charge in [-0.2, -0.15) is 0 Å². The molecule has 1 saturated heterocycles. The van der Waals surface area contributed by atoms with Crippen molar-refractivity contribution in [3.05, 3.63) is 41.5 Å². The quantitative estimate of drug-likeness (QED) is 0.218. The van der Waals surface area contributed by atoms with Gasteiger partial charge in [0.15, 0.2) is 9.84 Å². The van der Waals surface area contributed by atoms with Gasteiger partial charge in [-0.15, -0.1) is 0 Å². The van der Waals surface area contributed by atoms with Gasteiger partial charge in [0.05, 0.1) is 17.1 Å². The first-order chi connectivity index (χ1) is 24.0. The van der Waals surface area contributed by atoms with Crippen LogP contribution in [0.4, 0.5) is 0 Å². The predicted octanol–water partition coefficient (Wildman–Crippen LogP) is 7.04. The zero-order valence-electron chi connectivity index (χ0n) is 31.6. The molecule has 4 saturated carbocycles. The van der Waals surface area contributed by atoms with E-state index in [0.29, 0.717) is 49.4 Å². The first-order valence-corrected chi connectivity index (χ1v) is 21.6. The van der Waals surface area contributed by atoms with Gasteiger partial charge >= 0.3 is 5.97 Å². The van der Waals surface area contributed by atoms with E-state index in [-0.39, 0.29) is 44.9 Å². The SMILES string of the molecule is CC1(C)C(c2ccc(C(=O)O)cc2)=CC[C@@]2(C)C1CC[C@]1(C)C2CC[C@@H]2[C@H]3CCC[C@]3(C(=O)C(=O)NCCCN3CCS(=O)(=O)CC3)CC[C@]21C. The summed E-state index contributed by atoms with van der Waals surface area (Å²) in [5.74, 6) is 0.706. The van der Waals surface area contributed by atoms with E-state index >= 15 is 0 Å². The molecule has 1 aliphatic heterocycles. The van der Waals surface area contributed by atoms with E-state index in [1.807, 2.05) is 12.1 Å². The predicted molar refractivity (Wildman–Crippen MR) is 200 cm³/mol. The van der Waals surface area contributed by atoms with E-state index in [1.54, 1.807) is 12.1 Å². The van der Waals surface area contributed by atoms with Gasteiger partial charge in [-0.05, 0) is 139 Å². The molecule has 2 unspecified atom stereocenters. The third-order valence-electron chi connectivity index (χ3n) is 16.4. The number of rotatable bonds is 8. The van der Waals surface area contributed by atoms with Crippen LogP contribution in [0, 0.1) is 50.7 Å². The molecule has 2 N–H and O–H groups in total. The summed E-state index contributed by atoms with van der Waals surface area (Å²) in [5.41, 5.74) is 2.63. The highest BCUT2D eigenvalue weighted by atomic mass is 32.2. The lowest BCUT2D eigenvalue weighted by Gasteiger charge is -2.72. The molecular formula is C42H60N2O6S. The number of carbonyl (C=O) groups is 3. The maximum Gasteiger partial charge on any atom is 0.335 e. The van der Waals surface area contributed by atoms with Crippen LogP contribution in [0.1, 0.15) is 121 Å². The number of sulfone groups is 1. The van der Waals surface area contributed by atoms with Crippen molar-refractivity contribution in [2.75, 3.05) is 37.7 Å². The molecule has 1 aromatic carbocycles. The number of benzene rings is 1. The van der Waals surface area contributed by atoms with Crippen LogP contribution in [-0.2, 0) is 19.4 Å². The summed E-state index contributed by atoms with van der Waals surface area (Å²) in [6.45, 7) is 14.8. The Balaban J connectivity index is 1.06. The molecule has 1 heterocycles. The van der Waals surface area contributed by atoms with Gasteiger partial charge in [0, 0.05) is 25.0 Å². The Morgan fingerprint density at radius 2 is 1.55 bits per heavy atom. The van der Waals surface area contributed by atoms with Crippen molar-refractivity contribution in [1.29, 1.82) is 0 Å². The summed E-state index contributed by atoms with van der Waals surface area (Å²) in [6.07, 6.45) is 13.5. The summed E-state index contributed by atoms with van der Waals surface area (Å²) in [5, 5.41) is 12.4. The van der Waals surface area contributed by atoms with Gasteiger partial charge in [-0.25, -0.2) is 13.2 Å². The Labute approximate surface area is 305 Å². The first-order valence-electron chi connectivity index (χ1n) is 19.8. The Hall–Kier alpha value is -2.52. The zero-order chi connectivity index (χ0) is 36.6. The molecule has 0 radical (unpaired) electrons. The highest BCUT2D eigenvalue weighted by Gasteiger charge is 2.70. The second kappa shape index (κ2) is 12.8. The van der Waals surface area contributed by atoms with Crippen molar-refractivity contribution >= 4 is 33.1 Å². The molecule has 0 aromatic heterocycles. The molecule has 0 spiro atoms. The molecule has 9 heteroatoms. The van der Waals surface area contributed by atoms with Gasteiger partial charge in [-0.3, -0.25) is 9.59 Å². The molecular weight excluding hydrogens is 661 g/mol. The average Bonchev–Trinajstić information content (AvgIpc) is 3.52. The van der Waals surface area contributed by atoms with Crippen molar-refractivity contribution in [3.8, 4) is 0 Å². The van der Waals surface area contributed by atoms with Gasteiger partial charge < -0.3 is 15.3 Å². The van der Waals surface area contributed by atoms with Gasteiger partial charge in [0.1, 0.15) is 0 Å². The number of nitrogens with one attached hydrogen (secondary N) is 1. The number of aromatic carboxylic acids is 1. The van der Waals surface area contributed by atoms with Crippen LogP contribution < -0.4 is 5.32 Å². The number of Topliss-reactive ketones (excluding diaryl/α,β-unsaturated/α-hetero) is 1. The number of ketones is 1. The molecule has 1 amide bonds. The van der Waals surface area contributed by atoms with Crippen molar-refractivity contribution in [2.45, 2.75) is 105 Å². The average molecular weight is 721 g/mol. The smallest absolute Gasteiger partial charge is 0.335 e. The van der Waals surface area contributed by atoms with Crippen LogP contribution in [0.25, 0.3) is 5.57 Å². The highest BCUT2D eigenvalue weighted by molar-refractivity contribution is 7.91. The van der Waals surface area contributed by atoms with E-state index < -0.39 is 27.1 Å². The minimum Gasteiger partial charge on any atom is -0.478 e. The Morgan fingerprint density at radius 1 is 0.843 bits per heavy atom. The van der Waals surface area contributed by atoms with Crippen molar-refractivity contribution in [2.24, 2.45) is 50.7 Å². The summed E-state index contributed by atoms with van der Waals surface area (Å²) in [4.78, 5) is 41.4. The van der Waals surface area contributed by atoms with Crippen LogP contribution in [0.3, 0.4) is 0 Å². The molecule has 5 aliphatic carbocycles. The number of hydrogen-bond donors (Lipinski definition) is 2. The van der Waals surface area contributed by atoms with Crippen molar-refractivity contribution in [1.82, 2.24) is 10.2 Å². The molecule has 6 aliphatic rings. The Kier molecular flexibility index (Phi) is 9.25. The Morgan fingerprint density at radius 3 is 2.24 bits per heavy atom. The van der Waals surface area contributed by atoms with E-state index in [0.717, 1.165) is 63.5 Å². The number of amides is 1. The zero-order valence-corrected chi connectivity index (χ0v) is 32.4. The molecule has 5 fully saturated rings. The summed E-state index contributed by atoms with van der Waals surface area (Å²) in [7, 11) is -2.92. The molecule has 51 heavy (non-hydrogen) atoms. The van der Waals surface area contributed by atoms with E-state index in [4.69, 9.17) is 0 Å². The second-order valence-corrected chi connectivity index (χ2v) is 21.0. The van der Waals surface area contributed by atoms with Crippen LogP contribution in [0.2, 0.25) is 0 Å². The maximum atomic E-state index is 14.2. The molecule has 1 aromatic rings. The lowest BCUT2D eigenvalue weighted by atomic mass is 9.32. The standard InChI is InChI=1S/C42H60N2O6S/c1-38(2)30(28-9-11-29(12-10-28)37(47)48)15-18-39(3)33(38)16-19-41(5)34(39)14-13-31-32-8-6-17-42(32,21-20-40(31,41)4)35(45)36(46)43-22-7-23-44-24-26-51(49,50)27-25-44/h9-12,15,31-34H,6-8,13-14,16-27H2,1-5H3,(H,43,46)(H,47,48)/t31-,32-,33?,34?,39+,40-,41-,42+/m1/s1. The number of fused-ring (bicyclic) bond motifs is 7. The minimum atomic E-state index is -2.92. The van der Waals surface area contributed by atoms with E-state index in [2.05, 4.69) is 50.9 Å². The van der Waals surface area contributed by atoms with Gasteiger partial charge in [0.2, 0.25) is 5.78 Å². The molecule has 7 rings (SSSR count). The summed E-state index contributed by atoms with van der Waals surface area (Å²) >= 11 is 0. The highest BCUT2D eigenvalue weighted by Crippen LogP contribution is 2.77. The normalized spacial score (nSPS) is 39.7. The molecule has 0 bridgehead atoms. The largest absolute Gasteiger partial charge is 0.478 e. The third kappa shape index (κ3) is 5.77. The fourth-order valence-electron chi connectivity index (χ4n) is 13.6. The summed E-state index contributed by atoms with van der Waals surface area (Å²) < 4.78 is 23.5. The van der Waals surface area contributed by atoms with Crippen molar-refractivity contribution < 1.29 is 27.9 Å². The number of nitrogens with zero attached hydrogens (tertiary/aromatic N) is 1. The van der Waals surface area contributed by atoms with Crippen LogP contribution in [0.15, 0.2) is 30.3 Å². The van der Waals surface area contributed by atoms with Crippen LogP contribution in [-0.4, -0.2) is 73.8 Å². The monoisotopic (exact) mass is 720 g/mol. The summed E-state index contributed by atoms with van der Waals surface area (Å²) in [6, 6.07) is 7.44. The first kappa shape index (κ1) is 36.8. The number of carboxylic acid groups (broad SMARTS) is 1. The van der Waals surface area contributed by atoms with Gasteiger partial charge in [0.25, 0.3) is 5.91 Å². The number of carboxylic acids is 1. The minimum absolute atomic E-state index is 0.0434. The maximum absolute atomic E-state index is 14.2. The van der Waals surface area contributed by atoms with E-state index in [1.165, 1.54) is 18.4 Å². The number of hydrogen-bond acceptors (Lipinski definition) is 6.